The van der Waals surface area contributed by atoms with Crippen molar-refractivity contribution in [3.05, 3.63) is 64.1 Å². The molecule has 2 N–H and O–H groups in total. The summed E-state index contributed by atoms with van der Waals surface area (Å²) in [7, 11) is 0. The lowest BCUT2D eigenvalue weighted by Crippen LogP contribution is -2.20. The summed E-state index contributed by atoms with van der Waals surface area (Å²) in [5.41, 5.74) is 2.60. The first kappa shape index (κ1) is 13.6. The lowest BCUT2D eigenvalue weighted by atomic mass is 10.1. The fourth-order valence-corrected chi connectivity index (χ4v) is 2.29. The third kappa shape index (κ3) is 3.58. The van der Waals surface area contributed by atoms with Gasteiger partial charge in [0.1, 0.15) is 0 Å². The molecule has 0 aliphatic rings. The highest BCUT2D eigenvalue weighted by atomic mass is 79.9. The predicted molar refractivity (Wildman–Crippen MR) is 79.3 cm³/mol. The van der Waals surface area contributed by atoms with Crippen LogP contribution in [0.5, 0.6) is 0 Å². The van der Waals surface area contributed by atoms with Crippen molar-refractivity contribution in [3.63, 3.8) is 0 Å². The van der Waals surface area contributed by atoms with Gasteiger partial charge in [-0.3, -0.25) is 0 Å². The first-order chi connectivity index (χ1) is 9.06. The van der Waals surface area contributed by atoms with Crippen molar-refractivity contribution in [2.45, 2.75) is 13.0 Å². The van der Waals surface area contributed by atoms with E-state index in [1.54, 1.807) is 6.07 Å². The van der Waals surface area contributed by atoms with Crippen LogP contribution in [0, 0.1) is 6.92 Å². The zero-order chi connectivity index (χ0) is 13.8. The fraction of sp³-hybridized carbons (Fsp3) is 0.133. The third-order valence-corrected chi connectivity index (χ3v) is 3.25. The number of carboxylic acid groups (broad SMARTS) is 1. The Morgan fingerprint density at radius 2 is 1.95 bits per heavy atom. The van der Waals surface area contributed by atoms with Crippen LogP contribution in [0.4, 0.5) is 5.69 Å². The van der Waals surface area contributed by atoms with Crippen molar-refractivity contribution in [3.8, 4) is 0 Å². The van der Waals surface area contributed by atoms with E-state index < -0.39 is 12.0 Å². The molecule has 0 amide bonds. The maximum Gasteiger partial charge on any atom is 0.330 e. The summed E-state index contributed by atoms with van der Waals surface area (Å²) in [6, 6.07) is 14.2. The highest BCUT2D eigenvalue weighted by Crippen LogP contribution is 2.23. The van der Waals surface area contributed by atoms with Gasteiger partial charge in [0.05, 0.1) is 0 Å². The summed E-state index contributed by atoms with van der Waals surface area (Å²) in [6.45, 7) is 1.97. The minimum absolute atomic E-state index is 0.711. The van der Waals surface area contributed by atoms with Gasteiger partial charge in [0.25, 0.3) is 0 Å². The molecular weight excluding hydrogens is 306 g/mol. The van der Waals surface area contributed by atoms with Crippen LogP contribution in [0.1, 0.15) is 17.2 Å². The van der Waals surface area contributed by atoms with Gasteiger partial charge in [-0.1, -0.05) is 40.2 Å². The molecule has 0 aliphatic carbocycles. The molecule has 0 fully saturated rings. The lowest BCUT2D eigenvalue weighted by Gasteiger charge is -2.16. The highest BCUT2D eigenvalue weighted by Gasteiger charge is 2.19. The summed E-state index contributed by atoms with van der Waals surface area (Å²) in [5.74, 6) is -0.903. The normalized spacial score (nSPS) is 11.9. The van der Waals surface area contributed by atoms with E-state index in [4.69, 9.17) is 0 Å². The summed E-state index contributed by atoms with van der Waals surface area (Å²) >= 11 is 3.36. The molecule has 0 spiro atoms. The molecule has 0 saturated heterocycles. The number of rotatable bonds is 4. The smallest absolute Gasteiger partial charge is 0.330 e. The number of benzene rings is 2. The van der Waals surface area contributed by atoms with Gasteiger partial charge in [0.15, 0.2) is 6.04 Å². The quantitative estimate of drug-likeness (QED) is 0.895. The Balaban J connectivity index is 2.29. The summed E-state index contributed by atoms with van der Waals surface area (Å²) in [6.07, 6.45) is 0. The summed E-state index contributed by atoms with van der Waals surface area (Å²) in [4.78, 5) is 11.4. The zero-order valence-electron chi connectivity index (χ0n) is 10.4. The summed E-state index contributed by atoms with van der Waals surface area (Å²) < 4.78 is 0.863. The van der Waals surface area contributed by atoms with Gasteiger partial charge >= 0.3 is 5.97 Å². The van der Waals surface area contributed by atoms with Crippen molar-refractivity contribution >= 4 is 27.6 Å². The first-order valence-electron chi connectivity index (χ1n) is 5.88. The van der Waals surface area contributed by atoms with Gasteiger partial charge in [0, 0.05) is 10.2 Å². The molecule has 0 radical (unpaired) electrons. The maximum atomic E-state index is 11.4. The number of carboxylic acids is 1. The van der Waals surface area contributed by atoms with Gasteiger partial charge in [-0.25, -0.2) is 4.79 Å². The van der Waals surface area contributed by atoms with Crippen LogP contribution in [0.2, 0.25) is 0 Å². The molecule has 0 saturated carbocycles. The topological polar surface area (TPSA) is 49.3 Å². The number of carbonyl (C=O) groups is 1. The molecule has 0 bridgehead atoms. The average molecular weight is 320 g/mol. The van der Waals surface area contributed by atoms with Gasteiger partial charge in [-0.05, 0) is 42.3 Å². The molecule has 4 heteroatoms. The van der Waals surface area contributed by atoms with Crippen LogP contribution in [0.25, 0.3) is 0 Å². The second-order valence-corrected chi connectivity index (χ2v) is 5.26. The van der Waals surface area contributed by atoms with Crippen LogP contribution in [-0.2, 0) is 4.79 Å². The minimum atomic E-state index is -0.903. The number of hydrogen-bond donors (Lipinski definition) is 2. The minimum Gasteiger partial charge on any atom is -0.479 e. The number of nitrogens with one attached hydrogen (secondary N) is 1. The molecule has 0 aromatic heterocycles. The highest BCUT2D eigenvalue weighted by molar-refractivity contribution is 9.10. The summed E-state index contributed by atoms with van der Waals surface area (Å²) in [5, 5.41) is 12.4. The van der Waals surface area contributed by atoms with E-state index in [9.17, 15) is 9.90 Å². The zero-order valence-corrected chi connectivity index (χ0v) is 12.0. The Morgan fingerprint density at radius 1 is 1.21 bits per heavy atom. The Bertz CT molecular complexity index is 598. The molecule has 1 atom stereocenters. The first-order valence-corrected chi connectivity index (χ1v) is 6.67. The van der Waals surface area contributed by atoms with E-state index in [1.165, 1.54) is 0 Å². The number of anilines is 1. The van der Waals surface area contributed by atoms with Gasteiger partial charge in [-0.2, -0.15) is 0 Å². The standard InChI is InChI=1S/C15H14BrNO2/c1-10-4-2-7-13(8-10)17-14(15(18)19)11-5-3-6-12(16)9-11/h2-9,14,17H,1H3,(H,18,19). The van der Waals surface area contributed by atoms with Gasteiger partial charge < -0.3 is 10.4 Å². The van der Waals surface area contributed by atoms with Crippen LogP contribution in [0.15, 0.2) is 53.0 Å². The fourth-order valence-electron chi connectivity index (χ4n) is 1.88. The molecule has 1 unspecified atom stereocenters. The maximum absolute atomic E-state index is 11.4. The molecule has 2 rings (SSSR count). The SMILES string of the molecule is Cc1cccc(NC(C(=O)O)c2cccc(Br)c2)c1. The Labute approximate surface area is 120 Å². The van der Waals surface area contributed by atoms with Gasteiger partial charge in [0.2, 0.25) is 0 Å². The van der Waals surface area contributed by atoms with Crippen molar-refractivity contribution in [1.82, 2.24) is 0 Å². The molecule has 19 heavy (non-hydrogen) atoms. The van der Waals surface area contributed by atoms with Crippen molar-refractivity contribution in [1.29, 1.82) is 0 Å². The number of halogens is 1. The molecular formula is C15H14BrNO2. The van der Waals surface area contributed by atoms with Crippen LogP contribution in [0.3, 0.4) is 0 Å². The number of aryl methyl sites for hydroxylation is 1. The largest absolute Gasteiger partial charge is 0.479 e. The van der Waals surface area contributed by atoms with Crippen molar-refractivity contribution in [2.24, 2.45) is 0 Å². The average Bonchev–Trinajstić information content (AvgIpc) is 2.35. The second-order valence-electron chi connectivity index (χ2n) is 4.34. The Morgan fingerprint density at radius 3 is 2.58 bits per heavy atom. The Kier molecular flexibility index (Phi) is 4.22. The molecule has 98 valence electrons. The van der Waals surface area contributed by atoms with E-state index in [0.717, 1.165) is 15.7 Å². The molecule has 3 nitrogen and oxygen atoms in total. The van der Waals surface area contributed by atoms with Crippen molar-refractivity contribution in [2.75, 3.05) is 5.32 Å². The van der Waals surface area contributed by atoms with E-state index in [2.05, 4.69) is 21.2 Å². The molecule has 2 aromatic rings. The van der Waals surface area contributed by atoms with E-state index in [0.29, 0.717) is 5.56 Å². The molecule has 0 heterocycles. The van der Waals surface area contributed by atoms with Crippen molar-refractivity contribution < 1.29 is 9.90 Å². The monoisotopic (exact) mass is 319 g/mol. The second kappa shape index (κ2) is 5.89. The van der Waals surface area contributed by atoms with Crippen LogP contribution < -0.4 is 5.32 Å². The van der Waals surface area contributed by atoms with Gasteiger partial charge in [-0.15, -0.1) is 0 Å². The Hall–Kier alpha value is -1.81. The molecule has 0 aliphatic heterocycles. The predicted octanol–water partition coefficient (Wildman–Crippen LogP) is 4.00. The third-order valence-electron chi connectivity index (χ3n) is 2.76. The number of hydrogen-bond acceptors (Lipinski definition) is 2. The van der Waals surface area contributed by atoms with E-state index in [1.807, 2.05) is 49.4 Å². The molecule has 2 aromatic carbocycles. The van der Waals surface area contributed by atoms with E-state index >= 15 is 0 Å². The van der Waals surface area contributed by atoms with Crippen LogP contribution in [-0.4, -0.2) is 11.1 Å². The lowest BCUT2D eigenvalue weighted by molar-refractivity contribution is -0.138. The number of aliphatic carboxylic acids is 1. The van der Waals surface area contributed by atoms with E-state index in [-0.39, 0.29) is 0 Å². The van der Waals surface area contributed by atoms with Crippen LogP contribution >= 0.6 is 15.9 Å².